The van der Waals surface area contributed by atoms with E-state index in [9.17, 15) is 0 Å². The Hall–Kier alpha value is -3.78. The molecule has 0 amide bonds. The van der Waals surface area contributed by atoms with E-state index in [4.69, 9.17) is 9.97 Å². The maximum absolute atomic E-state index is 4.96. The summed E-state index contributed by atoms with van der Waals surface area (Å²) in [4.78, 5) is 9.76. The van der Waals surface area contributed by atoms with Crippen LogP contribution in [0.15, 0.2) is 85.4 Å². The zero-order valence-electron chi connectivity index (χ0n) is 15.2. The highest BCUT2D eigenvalue weighted by atomic mass is 14.8. The lowest BCUT2D eigenvalue weighted by Crippen LogP contribution is -1.96. The number of aromatic nitrogens is 2. The Morgan fingerprint density at radius 3 is 2.00 bits per heavy atom. The van der Waals surface area contributed by atoms with Crippen LogP contribution in [0.4, 0.5) is 0 Å². The summed E-state index contributed by atoms with van der Waals surface area (Å²) in [7, 11) is 0. The van der Waals surface area contributed by atoms with Crippen LogP contribution in [-0.2, 0) is 0 Å². The molecule has 0 unspecified atom stereocenters. The molecule has 0 N–H and O–H groups in total. The third-order valence-electron chi connectivity index (χ3n) is 5.57. The topological polar surface area (TPSA) is 25.8 Å². The van der Waals surface area contributed by atoms with Crippen LogP contribution >= 0.6 is 0 Å². The van der Waals surface area contributed by atoms with Crippen LogP contribution in [0.25, 0.3) is 60.7 Å². The number of fused-ring (bicyclic) bond motifs is 1. The lowest BCUT2D eigenvalue weighted by Gasteiger charge is -2.15. The second-order valence-corrected chi connectivity index (χ2v) is 7.12. The number of rotatable bonds is 2. The van der Waals surface area contributed by atoms with Crippen molar-refractivity contribution in [3.8, 4) is 11.3 Å². The Labute approximate surface area is 162 Å². The molecule has 0 aliphatic rings. The van der Waals surface area contributed by atoms with Gasteiger partial charge in [-0.25, -0.2) is 9.97 Å². The van der Waals surface area contributed by atoms with Gasteiger partial charge in [0.15, 0.2) is 0 Å². The molecule has 2 heteroatoms. The van der Waals surface area contributed by atoms with Gasteiger partial charge in [0.05, 0.1) is 22.4 Å². The molecule has 0 fully saturated rings. The molecule has 130 valence electrons. The first-order valence-corrected chi connectivity index (χ1v) is 9.39. The van der Waals surface area contributed by atoms with Crippen LogP contribution in [0.3, 0.4) is 0 Å². The van der Waals surface area contributed by atoms with Gasteiger partial charge in [-0.15, -0.1) is 0 Å². The van der Waals surface area contributed by atoms with E-state index in [0.717, 1.165) is 28.0 Å². The van der Waals surface area contributed by atoms with E-state index in [1.54, 1.807) is 6.08 Å². The lowest BCUT2D eigenvalue weighted by molar-refractivity contribution is 1.27. The van der Waals surface area contributed by atoms with Gasteiger partial charge in [-0.2, -0.15) is 0 Å². The Kier molecular flexibility index (Phi) is 3.06. The van der Waals surface area contributed by atoms with E-state index in [0.29, 0.717) is 0 Å². The monoisotopic (exact) mass is 356 g/mol. The summed E-state index contributed by atoms with van der Waals surface area (Å²) in [5.74, 6) is 0. The van der Waals surface area contributed by atoms with Crippen molar-refractivity contribution in [1.82, 2.24) is 9.97 Å². The van der Waals surface area contributed by atoms with E-state index >= 15 is 0 Å². The van der Waals surface area contributed by atoms with Crippen LogP contribution in [0.2, 0.25) is 0 Å². The Morgan fingerprint density at radius 2 is 1.25 bits per heavy atom. The average molecular weight is 356 g/mol. The van der Waals surface area contributed by atoms with Crippen LogP contribution < -0.4 is 0 Å². The minimum atomic E-state index is 0.814. The second kappa shape index (κ2) is 5.61. The SMILES string of the molecule is C=Cc1nc2ccccc2nc1-c1ccc2ccc3cccc4ccc1c2c34. The summed E-state index contributed by atoms with van der Waals surface area (Å²) in [5.41, 5.74) is 4.58. The summed E-state index contributed by atoms with van der Waals surface area (Å²) < 4.78 is 0. The summed E-state index contributed by atoms with van der Waals surface area (Å²) >= 11 is 0. The predicted molar refractivity (Wildman–Crippen MR) is 119 cm³/mol. The van der Waals surface area contributed by atoms with Gasteiger partial charge >= 0.3 is 0 Å². The molecule has 0 radical (unpaired) electrons. The quantitative estimate of drug-likeness (QED) is 0.318. The molecule has 0 saturated heterocycles. The maximum atomic E-state index is 4.96. The van der Waals surface area contributed by atoms with E-state index in [2.05, 4.69) is 61.2 Å². The maximum Gasteiger partial charge on any atom is 0.0972 e. The minimum Gasteiger partial charge on any atom is -0.245 e. The van der Waals surface area contributed by atoms with Gasteiger partial charge in [-0.3, -0.25) is 0 Å². The molecule has 0 bridgehead atoms. The Balaban J connectivity index is 1.78. The highest BCUT2D eigenvalue weighted by molar-refractivity contribution is 6.25. The van der Waals surface area contributed by atoms with Gasteiger partial charge in [0, 0.05) is 5.56 Å². The standard InChI is InChI=1S/C26H16N2/c1-2-21-26(28-23-9-4-3-8-22(23)27-21)20-15-13-18-11-10-16-6-5-7-17-12-14-19(20)25(18)24(16)17/h2-15H,1H2. The zero-order chi connectivity index (χ0) is 18.7. The summed E-state index contributed by atoms with van der Waals surface area (Å²) in [6.45, 7) is 3.98. The van der Waals surface area contributed by atoms with Gasteiger partial charge in [-0.05, 0) is 50.5 Å². The number of hydrogen-bond donors (Lipinski definition) is 0. The first-order valence-electron chi connectivity index (χ1n) is 9.39. The normalized spacial score (nSPS) is 11.7. The van der Waals surface area contributed by atoms with E-state index in [-0.39, 0.29) is 0 Å². The molecule has 0 saturated carbocycles. The zero-order valence-corrected chi connectivity index (χ0v) is 15.2. The molecule has 6 aromatic rings. The highest BCUT2D eigenvalue weighted by Crippen LogP contribution is 2.39. The summed E-state index contributed by atoms with van der Waals surface area (Å²) in [6.07, 6.45) is 1.80. The van der Waals surface area contributed by atoms with Gasteiger partial charge in [0.1, 0.15) is 0 Å². The molecule has 0 aliphatic carbocycles. The van der Waals surface area contributed by atoms with Crippen LogP contribution in [0.5, 0.6) is 0 Å². The van der Waals surface area contributed by atoms with Gasteiger partial charge in [0.2, 0.25) is 0 Å². The van der Waals surface area contributed by atoms with Crippen molar-refractivity contribution in [2.45, 2.75) is 0 Å². The van der Waals surface area contributed by atoms with Crippen molar-refractivity contribution in [1.29, 1.82) is 0 Å². The van der Waals surface area contributed by atoms with Crippen molar-refractivity contribution in [3.05, 3.63) is 91.1 Å². The molecule has 28 heavy (non-hydrogen) atoms. The fraction of sp³-hybridized carbons (Fsp3) is 0. The third-order valence-corrected chi connectivity index (χ3v) is 5.57. The molecule has 1 heterocycles. The average Bonchev–Trinajstić information content (AvgIpc) is 2.76. The Bertz CT molecular complexity index is 1510. The van der Waals surface area contributed by atoms with Crippen molar-refractivity contribution in [2.75, 3.05) is 0 Å². The van der Waals surface area contributed by atoms with Gasteiger partial charge < -0.3 is 0 Å². The van der Waals surface area contributed by atoms with E-state index < -0.39 is 0 Å². The molecule has 1 aromatic heterocycles. The number of nitrogens with zero attached hydrogens (tertiary/aromatic N) is 2. The van der Waals surface area contributed by atoms with E-state index in [1.807, 2.05) is 24.3 Å². The van der Waals surface area contributed by atoms with Crippen LogP contribution in [0.1, 0.15) is 5.69 Å². The molecule has 5 aromatic carbocycles. The summed E-state index contributed by atoms with van der Waals surface area (Å²) in [5, 5.41) is 7.58. The summed E-state index contributed by atoms with van der Waals surface area (Å²) in [6, 6.07) is 27.6. The predicted octanol–water partition coefficient (Wildman–Crippen LogP) is 6.84. The van der Waals surface area contributed by atoms with Gasteiger partial charge in [0.25, 0.3) is 0 Å². The molecule has 0 aliphatic heterocycles. The fourth-order valence-electron chi connectivity index (χ4n) is 4.30. The first-order chi connectivity index (χ1) is 13.8. The smallest absolute Gasteiger partial charge is 0.0972 e. The number of hydrogen-bond acceptors (Lipinski definition) is 2. The highest BCUT2D eigenvalue weighted by Gasteiger charge is 2.15. The van der Waals surface area contributed by atoms with Crippen LogP contribution in [0, 0.1) is 0 Å². The van der Waals surface area contributed by atoms with Crippen molar-refractivity contribution < 1.29 is 0 Å². The van der Waals surface area contributed by atoms with E-state index in [1.165, 1.54) is 32.3 Å². The molecule has 0 atom stereocenters. The van der Waals surface area contributed by atoms with Crippen LogP contribution in [-0.4, -0.2) is 9.97 Å². The largest absolute Gasteiger partial charge is 0.245 e. The Morgan fingerprint density at radius 1 is 0.607 bits per heavy atom. The molecular weight excluding hydrogens is 340 g/mol. The molecule has 0 spiro atoms. The minimum absolute atomic E-state index is 0.814. The van der Waals surface area contributed by atoms with Crippen molar-refractivity contribution >= 4 is 49.4 Å². The number of benzene rings is 5. The second-order valence-electron chi connectivity index (χ2n) is 7.12. The fourth-order valence-corrected chi connectivity index (χ4v) is 4.30. The molecular formula is C26H16N2. The van der Waals surface area contributed by atoms with Crippen molar-refractivity contribution in [3.63, 3.8) is 0 Å². The third kappa shape index (κ3) is 2.03. The number of para-hydroxylation sites is 2. The first kappa shape index (κ1) is 15.3. The molecule has 2 nitrogen and oxygen atoms in total. The molecule has 6 rings (SSSR count). The lowest BCUT2D eigenvalue weighted by atomic mass is 9.90. The van der Waals surface area contributed by atoms with Gasteiger partial charge in [-0.1, -0.05) is 73.3 Å². The van der Waals surface area contributed by atoms with Crippen molar-refractivity contribution in [2.24, 2.45) is 0 Å².